The predicted octanol–water partition coefficient (Wildman–Crippen LogP) is 4.08. The average Bonchev–Trinajstić information content (AvgIpc) is 2.31. The van der Waals surface area contributed by atoms with Crippen LogP contribution in [0.1, 0.15) is 19.4 Å². The van der Waals surface area contributed by atoms with Gasteiger partial charge in [-0.05, 0) is 31.2 Å². The Bertz CT molecular complexity index is 414. The van der Waals surface area contributed by atoms with E-state index in [1.807, 2.05) is 25.1 Å². The van der Waals surface area contributed by atoms with E-state index < -0.39 is 0 Å². The minimum Gasteiger partial charge on any atom is -0.298 e. The van der Waals surface area contributed by atoms with E-state index in [2.05, 4.69) is 33.8 Å². The van der Waals surface area contributed by atoms with E-state index in [1.165, 1.54) is 0 Å². The second kappa shape index (κ2) is 7.00. The summed E-state index contributed by atoms with van der Waals surface area (Å²) < 4.78 is 0.986. The van der Waals surface area contributed by atoms with E-state index in [0.29, 0.717) is 0 Å². The number of halogens is 2. The van der Waals surface area contributed by atoms with E-state index in [9.17, 15) is 0 Å². The van der Waals surface area contributed by atoms with Crippen LogP contribution in [0, 0.1) is 17.2 Å². The normalized spacial score (nSPS) is 12.5. The summed E-state index contributed by atoms with van der Waals surface area (Å²) in [5, 5.41) is 9.59. The lowest BCUT2D eigenvalue weighted by Gasteiger charge is -2.22. The molecule has 1 aromatic carbocycles. The van der Waals surface area contributed by atoms with Crippen LogP contribution < -0.4 is 0 Å². The Kier molecular flexibility index (Phi) is 5.97. The fourth-order valence-corrected chi connectivity index (χ4v) is 2.36. The summed E-state index contributed by atoms with van der Waals surface area (Å²) in [4.78, 5) is 2.23. The van der Waals surface area contributed by atoms with E-state index in [-0.39, 0.29) is 5.92 Å². The first-order chi connectivity index (χ1) is 8.06. The highest BCUT2D eigenvalue weighted by Crippen LogP contribution is 2.22. The molecule has 0 aliphatic heterocycles. The maximum atomic E-state index is 8.83. The number of nitrogens with zero attached hydrogens (tertiary/aromatic N) is 2. The molecule has 0 aliphatic rings. The van der Waals surface area contributed by atoms with E-state index in [0.717, 1.165) is 34.7 Å². The third kappa shape index (κ3) is 4.67. The number of hydrogen-bond donors (Lipinski definition) is 0. The topological polar surface area (TPSA) is 27.0 Å². The van der Waals surface area contributed by atoms with Gasteiger partial charge in [-0.25, -0.2) is 0 Å². The fraction of sp³-hybridized carbons (Fsp3) is 0.462. The maximum absolute atomic E-state index is 8.83. The Morgan fingerprint density at radius 1 is 1.53 bits per heavy atom. The molecule has 0 saturated heterocycles. The average molecular weight is 316 g/mol. The van der Waals surface area contributed by atoms with Gasteiger partial charge in [0.1, 0.15) is 0 Å². The lowest BCUT2D eigenvalue weighted by Crippen LogP contribution is -2.27. The van der Waals surface area contributed by atoms with Crippen molar-refractivity contribution >= 4 is 27.5 Å². The molecule has 0 saturated carbocycles. The molecular weight excluding hydrogens is 300 g/mol. The molecular formula is C13H16BrClN2. The molecule has 1 aromatic rings. The summed E-state index contributed by atoms with van der Waals surface area (Å²) in [7, 11) is 0. The standard InChI is InChI=1S/C13H16BrClN2/c1-3-17(8-10(2)7-16)9-11-4-5-12(14)6-13(11)15/h4-6,10H,3,8-9H2,1-2H3. The van der Waals surface area contributed by atoms with Crippen LogP contribution in [0.5, 0.6) is 0 Å². The minimum atomic E-state index is 0.0455. The Hall–Kier alpha value is -0.560. The zero-order valence-corrected chi connectivity index (χ0v) is 12.4. The second-order valence-electron chi connectivity index (χ2n) is 4.09. The van der Waals surface area contributed by atoms with Crippen LogP contribution in [-0.4, -0.2) is 18.0 Å². The van der Waals surface area contributed by atoms with Gasteiger partial charge < -0.3 is 0 Å². The number of nitriles is 1. The van der Waals surface area contributed by atoms with Crippen molar-refractivity contribution in [3.63, 3.8) is 0 Å². The lowest BCUT2D eigenvalue weighted by molar-refractivity contribution is 0.260. The molecule has 2 nitrogen and oxygen atoms in total. The third-order valence-electron chi connectivity index (χ3n) is 2.61. The molecule has 1 atom stereocenters. The van der Waals surface area contributed by atoms with Crippen molar-refractivity contribution in [2.45, 2.75) is 20.4 Å². The van der Waals surface area contributed by atoms with E-state index in [4.69, 9.17) is 16.9 Å². The minimum absolute atomic E-state index is 0.0455. The molecule has 1 rings (SSSR count). The summed E-state index contributed by atoms with van der Waals surface area (Å²) in [6, 6.07) is 8.17. The Morgan fingerprint density at radius 2 is 2.24 bits per heavy atom. The van der Waals surface area contributed by atoms with Gasteiger partial charge in [0, 0.05) is 22.6 Å². The van der Waals surface area contributed by atoms with Crippen LogP contribution in [0.15, 0.2) is 22.7 Å². The molecule has 0 aliphatic carbocycles. The van der Waals surface area contributed by atoms with Crippen LogP contribution in [0.4, 0.5) is 0 Å². The van der Waals surface area contributed by atoms with Crippen LogP contribution in [0.2, 0.25) is 5.02 Å². The molecule has 0 fully saturated rings. The van der Waals surface area contributed by atoms with Gasteiger partial charge in [-0.3, -0.25) is 4.90 Å². The van der Waals surface area contributed by atoms with Crippen LogP contribution in [-0.2, 0) is 6.54 Å². The molecule has 0 heterocycles. The first-order valence-electron chi connectivity index (χ1n) is 5.62. The van der Waals surface area contributed by atoms with Gasteiger partial charge in [-0.15, -0.1) is 0 Å². The third-order valence-corrected chi connectivity index (χ3v) is 3.45. The predicted molar refractivity (Wildman–Crippen MR) is 74.9 cm³/mol. The summed E-state index contributed by atoms with van der Waals surface area (Å²) in [5.74, 6) is 0.0455. The highest BCUT2D eigenvalue weighted by Gasteiger charge is 2.10. The number of rotatable bonds is 5. The molecule has 17 heavy (non-hydrogen) atoms. The lowest BCUT2D eigenvalue weighted by atomic mass is 10.1. The molecule has 0 radical (unpaired) electrons. The van der Waals surface area contributed by atoms with E-state index >= 15 is 0 Å². The van der Waals surface area contributed by atoms with Gasteiger partial charge in [0.2, 0.25) is 0 Å². The van der Waals surface area contributed by atoms with Gasteiger partial charge in [-0.1, -0.05) is 40.5 Å². The van der Waals surface area contributed by atoms with Crippen molar-refractivity contribution in [2.24, 2.45) is 5.92 Å². The zero-order chi connectivity index (χ0) is 12.8. The summed E-state index contributed by atoms with van der Waals surface area (Å²) in [5.41, 5.74) is 1.10. The van der Waals surface area contributed by atoms with Gasteiger partial charge in [-0.2, -0.15) is 5.26 Å². The summed E-state index contributed by atoms with van der Waals surface area (Å²) >= 11 is 9.57. The van der Waals surface area contributed by atoms with Crippen molar-refractivity contribution in [3.8, 4) is 6.07 Å². The van der Waals surface area contributed by atoms with Gasteiger partial charge in [0.05, 0.1) is 12.0 Å². The highest BCUT2D eigenvalue weighted by atomic mass is 79.9. The molecule has 0 amide bonds. The Labute approximate surface area is 116 Å². The van der Waals surface area contributed by atoms with Crippen molar-refractivity contribution in [1.82, 2.24) is 4.90 Å². The van der Waals surface area contributed by atoms with Gasteiger partial charge in [0.25, 0.3) is 0 Å². The Balaban J connectivity index is 2.71. The largest absolute Gasteiger partial charge is 0.298 e. The van der Waals surface area contributed by atoms with Crippen LogP contribution in [0.3, 0.4) is 0 Å². The molecule has 0 bridgehead atoms. The Morgan fingerprint density at radius 3 is 2.76 bits per heavy atom. The molecule has 1 unspecified atom stereocenters. The van der Waals surface area contributed by atoms with Crippen molar-refractivity contribution in [1.29, 1.82) is 5.26 Å². The van der Waals surface area contributed by atoms with Crippen molar-refractivity contribution in [2.75, 3.05) is 13.1 Å². The maximum Gasteiger partial charge on any atom is 0.0666 e. The second-order valence-corrected chi connectivity index (χ2v) is 5.42. The molecule has 0 N–H and O–H groups in total. The first kappa shape index (κ1) is 14.5. The number of hydrogen-bond acceptors (Lipinski definition) is 2. The highest BCUT2D eigenvalue weighted by molar-refractivity contribution is 9.10. The first-order valence-corrected chi connectivity index (χ1v) is 6.79. The fourth-order valence-electron chi connectivity index (χ4n) is 1.62. The monoisotopic (exact) mass is 314 g/mol. The van der Waals surface area contributed by atoms with Crippen molar-refractivity contribution < 1.29 is 0 Å². The molecule has 92 valence electrons. The zero-order valence-electron chi connectivity index (χ0n) is 10.1. The van der Waals surface area contributed by atoms with Crippen LogP contribution in [0.25, 0.3) is 0 Å². The number of benzene rings is 1. The van der Waals surface area contributed by atoms with Crippen LogP contribution >= 0.6 is 27.5 Å². The molecule has 0 spiro atoms. The van der Waals surface area contributed by atoms with Gasteiger partial charge >= 0.3 is 0 Å². The van der Waals surface area contributed by atoms with Gasteiger partial charge in [0.15, 0.2) is 0 Å². The van der Waals surface area contributed by atoms with Crippen molar-refractivity contribution in [3.05, 3.63) is 33.3 Å². The SMILES string of the molecule is CCN(Cc1ccc(Br)cc1Cl)CC(C)C#N. The molecule has 0 aromatic heterocycles. The quantitative estimate of drug-likeness (QED) is 0.818. The summed E-state index contributed by atoms with van der Waals surface area (Å²) in [6.45, 7) is 6.51. The smallest absolute Gasteiger partial charge is 0.0666 e. The summed E-state index contributed by atoms with van der Waals surface area (Å²) in [6.07, 6.45) is 0. The molecule has 4 heteroatoms. The van der Waals surface area contributed by atoms with E-state index in [1.54, 1.807) is 0 Å².